The van der Waals surface area contributed by atoms with Gasteiger partial charge in [-0.25, -0.2) is 24.3 Å². The van der Waals surface area contributed by atoms with Crippen molar-refractivity contribution in [1.82, 2.24) is 24.8 Å². The Morgan fingerprint density at radius 2 is 1.87 bits per heavy atom. The lowest BCUT2D eigenvalue weighted by Gasteiger charge is -2.24. The molecule has 1 saturated heterocycles. The van der Waals surface area contributed by atoms with Crippen LogP contribution in [0.4, 0.5) is 4.39 Å². The van der Waals surface area contributed by atoms with E-state index in [0.717, 1.165) is 0 Å². The normalized spacial score (nSPS) is 21.4. The first-order valence-electron chi connectivity index (χ1n) is 12.6. The van der Waals surface area contributed by atoms with Crippen LogP contribution in [0.25, 0.3) is 22.1 Å². The molecule has 0 spiro atoms. The van der Waals surface area contributed by atoms with Gasteiger partial charge < -0.3 is 20.5 Å². The van der Waals surface area contributed by atoms with Crippen LogP contribution in [0.5, 0.6) is 5.88 Å². The van der Waals surface area contributed by atoms with Crippen molar-refractivity contribution in [2.75, 3.05) is 19.7 Å². The van der Waals surface area contributed by atoms with E-state index < -0.39 is 5.54 Å². The number of aromatic nitrogens is 4. The summed E-state index contributed by atoms with van der Waals surface area (Å²) in [5, 5.41) is 10.5. The number of fused-ring (bicyclic) bond motifs is 1. The molecule has 39 heavy (non-hydrogen) atoms. The fourth-order valence-electron chi connectivity index (χ4n) is 4.95. The second-order valence-electron chi connectivity index (χ2n) is 10.3. The number of ether oxygens (including phenoxy) is 1. The Morgan fingerprint density at radius 3 is 2.54 bits per heavy atom. The summed E-state index contributed by atoms with van der Waals surface area (Å²) < 4.78 is 19.8. The van der Waals surface area contributed by atoms with E-state index in [1.807, 2.05) is 11.8 Å². The summed E-state index contributed by atoms with van der Waals surface area (Å²) in [6.07, 6.45) is 3.23. The van der Waals surface area contributed by atoms with Gasteiger partial charge in [-0.1, -0.05) is 0 Å². The Labute approximate surface area is 228 Å². The molecule has 1 saturated carbocycles. The fraction of sp³-hybridized carbons (Fsp3) is 0.321. The highest BCUT2D eigenvalue weighted by atomic mass is 32.1. The third-order valence-electron chi connectivity index (χ3n) is 7.34. The van der Waals surface area contributed by atoms with Gasteiger partial charge in [-0.05, 0) is 55.8 Å². The van der Waals surface area contributed by atoms with E-state index in [0.29, 0.717) is 57.2 Å². The van der Waals surface area contributed by atoms with Crippen molar-refractivity contribution in [1.29, 1.82) is 0 Å². The number of aliphatic hydroxyl groups excluding tert-OH is 1. The molecule has 9 nitrogen and oxygen atoms in total. The van der Waals surface area contributed by atoms with E-state index in [1.54, 1.807) is 49.6 Å². The lowest BCUT2D eigenvalue weighted by molar-refractivity contribution is 0.0755. The molecular formula is C28H27FN6O3S. The maximum Gasteiger partial charge on any atom is 0.265 e. The van der Waals surface area contributed by atoms with Gasteiger partial charge in [0.2, 0.25) is 5.88 Å². The number of halogens is 1. The van der Waals surface area contributed by atoms with E-state index in [-0.39, 0.29) is 36.3 Å². The molecule has 1 aromatic carbocycles. The van der Waals surface area contributed by atoms with Crippen LogP contribution in [0.2, 0.25) is 0 Å². The summed E-state index contributed by atoms with van der Waals surface area (Å²) >= 11 is 1.31. The smallest absolute Gasteiger partial charge is 0.265 e. The largest absolute Gasteiger partial charge is 0.474 e. The molecule has 4 aromatic rings. The average molecular weight is 547 g/mol. The Kier molecular flexibility index (Phi) is 6.37. The van der Waals surface area contributed by atoms with Crippen LogP contribution in [0, 0.1) is 24.6 Å². The molecule has 1 aliphatic heterocycles. The minimum atomic E-state index is -1.01. The van der Waals surface area contributed by atoms with Crippen molar-refractivity contribution in [3.8, 4) is 28.0 Å². The second-order valence-corrected chi connectivity index (χ2v) is 11.3. The number of nitrogens with zero attached hydrogens (tertiary/aromatic N) is 5. The summed E-state index contributed by atoms with van der Waals surface area (Å²) in [5.74, 6) is 0.904. The maximum atomic E-state index is 13.5. The first-order chi connectivity index (χ1) is 18.7. The van der Waals surface area contributed by atoms with E-state index in [1.165, 1.54) is 23.5 Å². The van der Waals surface area contributed by atoms with Crippen LogP contribution in [-0.2, 0) is 5.54 Å². The highest BCUT2D eigenvalue weighted by Crippen LogP contribution is 2.48. The van der Waals surface area contributed by atoms with Crippen LogP contribution < -0.4 is 10.5 Å². The van der Waals surface area contributed by atoms with Gasteiger partial charge in [0.25, 0.3) is 5.91 Å². The van der Waals surface area contributed by atoms with Crippen LogP contribution in [0.3, 0.4) is 0 Å². The lowest BCUT2D eigenvalue weighted by Crippen LogP contribution is -2.37. The van der Waals surface area contributed by atoms with E-state index in [9.17, 15) is 14.3 Å². The number of amides is 1. The van der Waals surface area contributed by atoms with Crippen LogP contribution in [0.1, 0.15) is 27.9 Å². The molecule has 0 bridgehead atoms. The Balaban J connectivity index is 1.17. The number of hydrogen-bond donors (Lipinski definition) is 2. The van der Waals surface area contributed by atoms with Crippen molar-refractivity contribution in [2.24, 2.45) is 17.6 Å². The first-order valence-corrected chi connectivity index (χ1v) is 13.4. The van der Waals surface area contributed by atoms with Gasteiger partial charge in [0.05, 0.1) is 23.5 Å². The number of benzene rings is 1. The van der Waals surface area contributed by atoms with Crippen molar-refractivity contribution in [2.45, 2.75) is 25.5 Å². The van der Waals surface area contributed by atoms with Gasteiger partial charge in [-0.15, -0.1) is 11.3 Å². The van der Waals surface area contributed by atoms with Gasteiger partial charge in [0, 0.05) is 48.9 Å². The molecule has 1 aliphatic carbocycles. The number of hydrogen-bond acceptors (Lipinski definition) is 9. The monoisotopic (exact) mass is 546 g/mol. The van der Waals surface area contributed by atoms with Crippen LogP contribution in [0.15, 0.2) is 54.9 Å². The summed E-state index contributed by atoms with van der Waals surface area (Å²) in [6, 6.07) is 11.3. The van der Waals surface area contributed by atoms with Crippen molar-refractivity contribution >= 4 is 17.2 Å². The van der Waals surface area contributed by atoms with Gasteiger partial charge in [0.1, 0.15) is 16.8 Å². The van der Waals surface area contributed by atoms with Crippen molar-refractivity contribution in [3.63, 3.8) is 0 Å². The molecule has 4 atom stereocenters. The summed E-state index contributed by atoms with van der Waals surface area (Å²) in [6.45, 7) is 4.46. The number of pyridine rings is 1. The lowest BCUT2D eigenvalue weighted by atomic mass is 9.93. The topological polar surface area (TPSA) is 127 Å². The molecule has 3 unspecified atom stereocenters. The summed E-state index contributed by atoms with van der Waals surface area (Å²) in [7, 11) is 0. The number of nitrogens with two attached hydrogens (primary N) is 1. The minimum absolute atomic E-state index is 0.0429. The number of aliphatic hydroxyl groups is 1. The average Bonchev–Trinajstić information content (AvgIpc) is 3.25. The predicted molar refractivity (Wildman–Crippen MR) is 143 cm³/mol. The zero-order valence-corrected chi connectivity index (χ0v) is 22.2. The third-order valence-corrected chi connectivity index (χ3v) is 8.48. The molecule has 4 heterocycles. The third kappa shape index (κ3) is 4.88. The quantitative estimate of drug-likeness (QED) is 0.361. The minimum Gasteiger partial charge on any atom is -0.474 e. The van der Waals surface area contributed by atoms with Crippen LogP contribution in [-0.4, -0.2) is 61.6 Å². The fourth-order valence-corrected chi connectivity index (χ4v) is 5.93. The molecule has 1 amide bonds. The van der Waals surface area contributed by atoms with Crippen molar-refractivity contribution in [3.05, 3.63) is 76.8 Å². The molecule has 0 radical (unpaired) electrons. The summed E-state index contributed by atoms with van der Waals surface area (Å²) in [5.41, 5.74) is 7.94. The summed E-state index contributed by atoms with van der Waals surface area (Å²) in [4.78, 5) is 33.4. The van der Waals surface area contributed by atoms with E-state index in [2.05, 4.69) is 19.9 Å². The molecule has 6 rings (SSSR count). The molecule has 2 fully saturated rings. The maximum absolute atomic E-state index is 13.5. The van der Waals surface area contributed by atoms with E-state index in [4.69, 9.17) is 10.5 Å². The molecule has 2 aliphatic rings. The SMILES string of the molecule is Cc1nc(-c2ncccn2)sc1C(=O)N1CC2C(Oc3cc(C(C)(N)CO)cc(-c4ccc(F)cc4)n3)[C@@H]2C1. The Hall–Kier alpha value is -3.80. The standard InChI is InChI=1S/C28H27FN6O3S/c1-15-24(39-26(33-15)25-31-8-3-9-32-25)27(37)35-12-19-20(13-35)23(19)38-22-11-17(28(2,30)14-36)10-21(34-22)16-4-6-18(29)7-5-16/h3-11,19-20,23,36H,12-14,30H2,1-2H3/t19-,20?,23?,28?/m1/s1. The van der Waals surface area contributed by atoms with Crippen LogP contribution >= 0.6 is 11.3 Å². The highest BCUT2D eigenvalue weighted by Gasteiger charge is 2.59. The Morgan fingerprint density at radius 1 is 1.18 bits per heavy atom. The zero-order valence-electron chi connectivity index (χ0n) is 21.4. The van der Waals surface area contributed by atoms with Gasteiger partial charge in [-0.3, -0.25) is 4.79 Å². The van der Waals surface area contributed by atoms with Gasteiger partial charge in [0.15, 0.2) is 10.8 Å². The zero-order chi connectivity index (χ0) is 27.3. The predicted octanol–water partition coefficient (Wildman–Crippen LogP) is 3.43. The molecule has 3 aromatic heterocycles. The number of aryl methyl sites for hydroxylation is 1. The van der Waals surface area contributed by atoms with E-state index >= 15 is 0 Å². The first kappa shape index (κ1) is 25.5. The number of piperidine rings is 1. The number of carbonyl (C=O) groups excluding carboxylic acids is 1. The Bertz CT molecular complexity index is 1520. The van der Waals surface area contributed by atoms with Gasteiger partial charge >= 0.3 is 0 Å². The number of rotatable bonds is 7. The number of carbonyl (C=O) groups is 1. The number of thiazole rings is 1. The molecule has 200 valence electrons. The highest BCUT2D eigenvalue weighted by molar-refractivity contribution is 7.17. The van der Waals surface area contributed by atoms with Gasteiger partial charge in [-0.2, -0.15) is 0 Å². The molecular weight excluding hydrogens is 519 g/mol. The second kappa shape index (κ2) is 9.74. The molecule has 11 heteroatoms. The number of likely N-dealkylation sites (tertiary alicyclic amines) is 1. The van der Waals surface area contributed by atoms with Crippen molar-refractivity contribution < 1.29 is 19.0 Å². The molecule has 3 N–H and O–H groups in total.